The Kier molecular flexibility index (Phi) is 4.00. The summed E-state index contributed by atoms with van der Waals surface area (Å²) in [7, 11) is 1.56. The minimum absolute atomic E-state index is 0.162. The summed E-state index contributed by atoms with van der Waals surface area (Å²) in [5.41, 5.74) is 8.51. The number of hydrogen-bond donors (Lipinski definition) is 1. The van der Waals surface area contributed by atoms with Crippen molar-refractivity contribution in [2.24, 2.45) is 5.73 Å². The Morgan fingerprint density at radius 1 is 1.30 bits per heavy atom. The van der Waals surface area contributed by atoms with Gasteiger partial charge in [-0.25, -0.2) is 8.78 Å². The van der Waals surface area contributed by atoms with E-state index in [2.05, 4.69) is 4.98 Å². The minimum atomic E-state index is -0.864. The number of pyridine rings is 1. The summed E-state index contributed by atoms with van der Waals surface area (Å²) in [6, 6.07) is 5.63. The Hall–Kier alpha value is -2.47. The van der Waals surface area contributed by atoms with Crippen LogP contribution in [0.5, 0.6) is 5.75 Å². The molecule has 0 fully saturated rings. The van der Waals surface area contributed by atoms with Crippen LogP contribution >= 0.6 is 0 Å². The van der Waals surface area contributed by atoms with Crippen LogP contribution in [0, 0.1) is 11.6 Å². The molecule has 6 heteroatoms. The van der Waals surface area contributed by atoms with Crippen molar-refractivity contribution in [2.45, 2.75) is 19.5 Å². The number of halogens is 2. The molecule has 0 aliphatic heterocycles. The molecule has 23 heavy (non-hydrogen) atoms. The van der Waals surface area contributed by atoms with Gasteiger partial charge in [-0.2, -0.15) is 0 Å². The summed E-state index contributed by atoms with van der Waals surface area (Å²) >= 11 is 0. The van der Waals surface area contributed by atoms with Gasteiger partial charge in [0, 0.05) is 35.6 Å². The van der Waals surface area contributed by atoms with Crippen LogP contribution in [0.3, 0.4) is 0 Å². The van der Waals surface area contributed by atoms with Gasteiger partial charge >= 0.3 is 0 Å². The Balaban J connectivity index is 2.19. The fraction of sp³-hybridized carbons (Fsp3) is 0.235. The molecule has 0 saturated carbocycles. The lowest BCUT2D eigenvalue weighted by molar-refractivity contribution is 0.417. The quantitative estimate of drug-likeness (QED) is 0.802. The van der Waals surface area contributed by atoms with E-state index in [0.29, 0.717) is 16.8 Å². The number of rotatable bonds is 4. The predicted molar refractivity (Wildman–Crippen MR) is 84.3 cm³/mol. The van der Waals surface area contributed by atoms with Crippen LogP contribution in [0.4, 0.5) is 8.78 Å². The highest BCUT2D eigenvalue weighted by molar-refractivity contribution is 5.86. The third-order valence-corrected chi connectivity index (χ3v) is 3.83. The molecule has 0 aliphatic carbocycles. The Morgan fingerprint density at radius 2 is 2.09 bits per heavy atom. The summed E-state index contributed by atoms with van der Waals surface area (Å²) in [5.74, 6) is -1.10. The molecular weight excluding hydrogens is 300 g/mol. The summed E-state index contributed by atoms with van der Waals surface area (Å²) in [5, 5.41) is 0. The van der Waals surface area contributed by atoms with E-state index < -0.39 is 11.6 Å². The summed E-state index contributed by atoms with van der Waals surface area (Å²) in [4.78, 5) is 4.36. The molecule has 4 nitrogen and oxygen atoms in total. The predicted octanol–water partition coefficient (Wildman–Crippen LogP) is 3.39. The smallest absolute Gasteiger partial charge is 0.163 e. The molecule has 3 aromatic rings. The number of fused-ring (bicyclic) bond motifs is 1. The highest BCUT2D eigenvalue weighted by atomic mass is 19.2. The maximum atomic E-state index is 14.0. The number of methoxy groups -OCH3 is 1. The topological polar surface area (TPSA) is 53.1 Å². The van der Waals surface area contributed by atoms with E-state index in [1.807, 2.05) is 13.1 Å². The van der Waals surface area contributed by atoms with E-state index in [1.54, 1.807) is 30.0 Å². The lowest BCUT2D eigenvalue weighted by Crippen LogP contribution is -2.05. The van der Waals surface area contributed by atoms with E-state index in [0.717, 1.165) is 11.6 Å². The van der Waals surface area contributed by atoms with Crippen LogP contribution in [-0.2, 0) is 6.54 Å². The van der Waals surface area contributed by atoms with Crippen molar-refractivity contribution in [1.29, 1.82) is 0 Å². The highest BCUT2D eigenvalue weighted by Gasteiger charge is 2.18. The first-order valence-electron chi connectivity index (χ1n) is 7.23. The monoisotopic (exact) mass is 317 g/mol. The highest BCUT2D eigenvalue weighted by Crippen LogP contribution is 2.31. The van der Waals surface area contributed by atoms with Gasteiger partial charge in [0.2, 0.25) is 0 Å². The summed E-state index contributed by atoms with van der Waals surface area (Å²) < 4.78 is 34.6. The number of hydrogen-bond acceptors (Lipinski definition) is 3. The van der Waals surface area contributed by atoms with Gasteiger partial charge in [0.05, 0.1) is 19.2 Å². The lowest BCUT2D eigenvalue weighted by atomic mass is 10.1. The van der Waals surface area contributed by atoms with E-state index >= 15 is 0 Å². The number of ether oxygens (including phenoxy) is 1. The van der Waals surface area contributed by atoms with Crippen molar-refractivity contribution >= 4 is 11.0 Å². The fourth-order valence-electron chi connectivity index (χ4n) is 2.70. The third-order valence-electron chi connectivity index (χ3n) is 3.83. The van der Waals surface area contributed by atoms with Gasteiger partial charge in [-0.05, 0) is 13.0 Å². The maximum absolute atomic E-state index is 14.0. The molecule has 0 saturated heterocycles. The van der Waals surface area contributed by atoms with Gasteiger partial charge in [-0.15, -0.1) is 0 Å². The Bertz CT molecular complexity index is 858. The maximum Gasteiger partial charge on any atom is 0.163 e. The molecule has 0 bridgehead atoms. The minimum Gasteiger partial charge on any atom is -0.494 e. The van der Waals surface area contributed by atoms with Gasteiger partial charge in [-0.1, -0.05) is 12.1 Å². The number of benzene rings is 1. The lowest BCUT2D eigenvalue weighted by Gasteiger charge is -2.09. The standard InChI is InChI=1S/C17H17F2N3O/c1-10(20)12-9-22(8-11-4-3-5-13(18)15(11)19)17-14(23-2)6-7-21-16(12)17/h3-7,9-10H,8,20H2,1-2H3. The zero-order valence-corrected chi connectivity index (χ0v) is 12.9. The normalized spacial score (nSPS) is 12.6. The molecule has 0 aliphatic rings. The van der Waals surface area contributed by atoms with Crippen LogP contribution in [0.2, 0.25) is 0 Å². The van der Waals surface area contributed by atoms with Gasteiger partial charge in [0.25, 0.3) is 0 Å². The molecule has 0 spiro atoms. The average Bonchev–Trinajstić information content (AvgIpc) is 2.91. The molecule has 1 atom stereocenters. The van der Waals surface area contributed by atoms with Crippen molar-refractivity contribution in [3.63, 3.8) is 0 Å². The Labute approximate surface area is 132 Å². The van der Waals surface area contributed by atoms with Crippen LogP contribution in [0.1, 0.15) is 24.1 Å². The molecule has 3 rings (SSSR count). The molecule has 0 radical (unpaired) electrons. The molecule has 2 heterocycles. The van der Waals surface area contributed by atoms with Crippen LogP contribution in [0.15, 0.2) is 36.7 Å². The fourth-order valence-corrected chi connectivity index (χ4v) is 2.70. The van der Waals surface area contributed by atoms with Gasteiger partial charge in [-0.3, -0.25) is 4.98 Å². The first-order chi connectivity index (χ1) is 11.0. The van der Waals surface area contributed by atoms with Crippen molar-refractivity contribution in [3.05, 3.63) is 59.4 Å². The number of nitrogens with two attached hydrogens (primary N) is 1. The first kappa shape index (κ1) is 15.4. The van der Waals surface area contributed by atoms with Crippen molar-refractivity contribution < 1.29 is 13.5 Å². The molecule has 2 aromatic heterocycles. The molecular formula is C17H17F2N3O. The second-order valence-electron chi connectivity index (χ2n) is 5.42. The molecule has 1 aromatic carbocycles. The average molecular weight is 317 g/mol. The number of nitrogens with zero attached hydrogens (tertiary/aromatic N) is 2. The van der Waals surface area contributed by atoms with Gasteiger partial charge in [0.1, 0.15) is 11.3 Å². The SMILES string of the molecule is COc1ccnc2c(C(C)N)cn(Cc3cccc(F)c3F)c12. The number of aromatic nitrogens is 2. The first-order valence-corrected chi connectivity index (χ1v) is 7.23. The van der Waals surface area contributed by atoms with Crippen LogP contribution in [-0.4, -0.2) is 16.7 Å². The van der Waals surface area contributed by atoms with E-state index in [1.165, 1.54) is 6.07 Å². The van der Waals surface area contributed by atoms with Gasteiger partial charge < -0.3 is 15.0 Å². The Morgan fingerprint density at radius 3 is 2.78 bits per heavy atom. The van der Waals surface area contributed by atoms with Crippen LogP contribution in [0.25, 0.3) is 11.0 Å². The van der Waals surface area contributed by atoms with E-state index in [4.69, 9.17) is 10.5 Å². The van der Waals surface area contributed by atoms with Crippen LogP contribution < -0.4 is 10.5 Å². The van der Waals surface area contributed by atoms with Crippen molar-refractivity contribution in [2.75, 3.05) is 7.11 Å². The molecule has 0 amide bonds. The third kappa shape index (κ3) is 2.66. The van der Waals surface area contributed by atoms with E-state index in [-0.39, 0.29) is 18.2 Å². The second-order valence-corrected chi connectivity index (χ2v) is 5.42. The zero-order chi connectivity index (χ0) is 16.6. The molecule has 120 valence electrons. The second kappa shape index (κ2) is 5.96. The van der Waals surface area contributed by atoms with Gasteiger partial charge in [0.15, 0.2) is 11.6 Å². The van der Waals surface area contributed by atoms with E-state index in [9.17, 15) is 8.78 Å². The van der Waals surface area contributed by atoms with Crippen molar-refractivity contribution in [3.8, 4) is 5.75 Å². The largest absolute Gasteiger partial charge is 0.494 e. The molecule has 2 N–H and O–H groups in total. The summed E-state index contributed by atoms with van der Waals surface area (Å²) in [6.45, 7) is 2.01. The molecule has 1 unspecified atom stereocenters. The zero-order valence-electron chi connectivity index (χ0n) is 12.9. The van der Waals surface area contributed by atoms with Crippen molar-refractivity contribution in [1.82, 2.24) is 9.55 Å². The summed E-state index contributed by atoms with van der Waals surface area (Å²) in [6.07, 6.45) is 3.45.